The third-order valence-corrected chi connectivity index (χ3v) is 5.98. The highest BCUT2D eigenvalue weighted by Gasteiger charge is 2.61. The van der Waals surface area contributed by atoms with Gasteiger partial charge in [-0.1, -0.05) is 12.1 Å². The number of aryl methyl sites for hydroxylation is 1. The summed E-state index contributed by atoms with van der Waals surface area (Å²) in [5.41, 5.74) is 2.50. The molecule has 1 fully saturated rings. The normalized spacial score (nSPS) is 23.1. The van der Waals surface area contributed by atoms with E-state index in [0.717, 1.165) is 35.3 Å². The molecule has 5 nitrogen and oxygen atoms in total. The first-order chi connectivity index (χ1) is 13.1. The molecule has 2 aliphatic rings. The minimum atomic E-state index is -0.288. The second-order valence-electron chi connectivity index (χ2n) is 7.45. The van der Waals surface area contributed by atoms with Crippen LogP contribution in [0.3, 0.4) is 0 Å². The summed E-state index contributed by atoms with van der Waals surface area (Å²) in [5, 5.41) is 3.02. The van der Waals surface area contributed by atoms with Crippen LogP contribution in [0.15, 0.2) is 42.5 Å². The lowest BCUT2D eigenvalue weighted by Gasteiger charge is -2.26. The monoisotopic (exact) mass is 365 g/mol. The number of ether oxygens (including phenoxy) is 1. The summed E-state index contributed by atoms with van der Waals surface area (Å²) in [6, 6.07) is 12.5. The van der Waals surface area contributed by atoms with E-state index in [0.29, 0.717) is 18.9 Å². The van der Waals surface area contributed by atoms with Gasteiger partial charge in [-0.3, -0.25) is 4.79 Å². The molecule has 27 heavy (non-hydrogen) atoms. The van der Waals surface area contributed by atoms with Crippen molar-refractivity contribution in [3.63, 3.8) is 0 Å². The fourth-order valence-electron chi connectivity index (χ4n) is 4.36. The number of carbonyl (C=O) groups is 1. The average molecular weight is 365 g/mol. The number of carbonyl (C=O) groups excluding carboxylic acids is 1. The van der Waals surface area contributed by atoms with E-state index in [4.69, 9.17) is 4.74 Å². The Balaban J connectivity index is 1.34. The van der Waals surface area contributed by atoms with Gasteiger partial charge in [0.05, 0.1) is 24.2 Å². The molecule has 0 bridgehead atoms. The van der Waals surface area contributed by atoms with Gasteiger partial charge in [0.1, 0.15) is 17.4 Å². The Bertz CT molecular complexity index is 1060. The molecule has 0 saturated heterocycles. The lowest BCUT2D eigenvalue weighted by molar-refractivity contribution is -0.123. The molecule has 1 aliphatic heterocycles. The van der Waals surface area contributed by atoms with Crippen molar-refractivity contribution >= 4 is 16.9 Å². The van der Waals surface area contributed by atoms with Crippen LogP contribution < -0.4 is 10.1 Å². The number of nitrogens with one attached hydrogen (secondary N) is 1. The zero-order valence-electron chi connectivity index (χ0n) is 15.0. The van der Waals surface area contributed by atoms with Gasteiger partial charge in [-0.2, -0.15) is 0 Å². The lowest BCUT2D eigenvalue weighted by atomic mass is 9.87. The van der Waals surface area contributed by atoms with Crippen LogP contribution in [-0.4, -0.2) is 22.1 Å². The number of nitrogens with zero attached hydrogens (tertiary/aromatic N) is 2. The number of amides is 1. The Morgan fingerprint density at radius 3 is 3.07 bits per heavy atom. The Morgan fingerprint density at radius 1 is 1.37 bits per heavy atom. The summed E-state index contributed by atoms with van der Waals surface area (Å²) in [7, 11) is 1.95. The number of para-hydroxylation sites is 2. The Kier molecular flexibility index (Phi) is 3.50. The van der Waals surface area contributed by atoms with Crippen molar-refractivity contribution in [2.75, 3.05) is 6.61 Å². The number of hydrogen-bond donors (Lipinski definition) is 1. The van der Waals surface area contributed by atoms with E-state index in [1.54, 1.807) is 6.07 Å². The summed E-state index contributed by atoms with van der Waals surface area (Å²) in [6.07, 6.45) is 1.48. The topological polar surface area (TPSA) is 56.2 Å². The number of halogens is 1. The van der Waals surface area contributed by atoms with E-state index < -0.39 is 0 Å². The van der Waals surface area contributed by atoms with Crippen LogP contribution in [0.1, 0.15) is 24.2 Å². The predicted octanol–water partition coefficient (Wildman–Crippen LogP) is 3.07. The van der Waals surface area contributed by atoms with Crippen LogP contribution in [-0.2, 0) is 23.8 Å². The molecule has 1 saturated carbocycles. The summed E-state index contributed by atoms with van der Waals surface area (Å²) in [4.78, 5) is 17.4. The molecule has 1 aliphatic carbocycles. The molecular formula is C21H20FN3O2. The van der Waals surface area contributed by atoms with Gasteiger partial charge in [0, 0.05) is 23.9 Å². The number of aromatic nitrogens is 2. The van der Waals surface area contributed by atoms with Gasteiger partial charge in [-0.05, 0) is 43.2 Å². The number of rotatable bonds is 3. The molecule has 1 N–H and O–H groups in total. The number of fused-ring (bicyclic) bond motifs is 3. The van der Waals surface area contributed by atoms with Crippen LogP contribution >= 0.6 is 0 Å². The van der Waals surface area contributed by atoms with Gasteiger partial charge in [0.2, 0.25) is 5.91 Å². The Labute approximate surface area is 156 Å². The fourth-order valence-corrected chi connectivity index (χ4v) is 4.36. The van der Waals surface area contributed by atoms with Crippen molar-refractivity contribution in [2.24, 2.45) is 13.0 Å². The molecule has 0 radical (unpaired) electrons. The zero-order chi connectivity index (χ0) is 18.6. The molecule has 0 unspecified atom stereocenters. The average Bonchev–Trinajstić information content (AvgIpc) is 3.31. The van der Waals surface area contributed by atoms with Gasteiger partial charge in [0.15, 0.2) is 0 Å². The highest BCUT2D eigenvalue weighted by molar-refractivity contribution is 5.85. The first-order valence-electron chi connectivity index (χ1n) is 9.19. The molecule has 2 aromatic carbocycles. The molecule has 2 atom stereocenters. The highest BCUT2D eigenvalue weighted by Crippen LogP contribution is 2.60. The van der Waals surface area contributed by atoms with Gasteiger partial charge in [-0.15, -0.1) is 0 Å². The van der Waals surface area contributed by atoms with Gasteiger partial charge >= 0.3 is 0 Å². The fraction of sp³-hybridized carbons (Fsp3) is 0.333. The second-order valence-corrected chi connectivity index (χ2v) is 7.45. The Hall–Kier alpha value is -2.89. The molecule has 5 rings (SSSR count). The van der Waals surface area contributed by atoms with E-state index in [2.05, 4.69) is 10.3 Å². The quantitative estimate of drug-likeness (QED) is 0.776. The largest absolute Gasteiger partial charge is 0.493 e. The molecule has 6 heteroatoms. The SMILES string of the molecule is Cn1c(CNC(=O)[C@H]2C[C@@]23CCOc2ccc(F)cc23)nc2ccccc21. The van der Waals surface area contributed by atoms with Crippen LogP contribution in [0.4, 0.5) is 4.39 Å². The summed E-state index contributed by atoms with van der Waals surface area (Å²) in [6.45, 7) is 0.941. The van der Waals surface area contributed by atoms with E-state index in [-0.39, 0.29) is 23.1 Å². The van der Waals surface area contributed by atoms with Crippen LogP contribution in [0.25, 0.3) is 11.0 Å². The molecule has 138 valence electrons. The van der Waals surface area contributed by atoms with Crippen molar-refractivity contribution in [3.8, 4) is 5.75 Å². The molecule has 1 amide bonds. The summed E-state index contributed by atoms with van der Waals surface area (Å²) < 4.78 is 21.4. The van der Waals surface area contributed by atoms with Crippen molar-refractivity contribution in [1.29, 1.82) is 0 Å². The first-order valence-corrected chi connectivity index (χ1v) is 9.19. The van der Waals surface area contributed by atoms with Gasteiger partial charge in [-0.25, -0.2) is 9.37 Å². The molecule has 2 heterocycles. The maximum absolute atomic E-state index is 13.7. The van der Waals surface area contributed by atoms with Crippen molar-refractivity contribution in [3.05, 3.63) is 59.7 Å². The minimum Gasteiger partial charge on any atom is -0.493 e. The van der Waals surface area contributed by atoms with Crippen LogP contribution in [0.2, 0.25) is 0 Å². The third kappa shape index (κ3) is 2.51. The minimum absolute atomic E-state index is 0.000771. The van der Waals surface area contributed by atoms with E-state index in [1.165, 1.54) is 12.1 Å². The van der Waals surface area contributed by atoms with Gasteiger partial charge < -0.3 is 14.6 Å². The molecule has 1 aromatic heterocycles. The number of benzene rings is 2. The second kappa shape index (κ2) is 5.81. The lowest BCUT2D eigenvalue weighted by Crippen LogP contribution is -2.31. The summed E-state index contributed by atoms with van der Waals surface area (Å²) >= 11 is 0. The predicted molar refractivity (Wildman–Crippen MR) is 98.9 cm³/mol. The van der Waals surface area contributed by atoms with Crippen molar-refractivity contribution in [2.45, 2.75) is 24.8 Å². The molecule has 3 aromatic rings. The van der Waals surface area contributed by atoms with Crippen LogP contribution in [0, 0.1) is 11.7 Å². The van der Waals surface area contributed by atoms with E-state index >= 15 is 0 Å². The van der Waals surface area contributed by atoms with Crippen molar-refractivity contribution < 1.29 is 13.9 Å². The van der Waals surface area contributed by atoms with Crippen LogP contribution in [0.5, 0.6) is 5.75 Å². The maximum Gasteiger partial charge on any atom is 0.224 e. The molecule has 1 spiro atoms. The highest BCUT2D eigenvalue weighted by atomic mass is 19.1. The van der Waals surface area contributed by atoms with E-state index in [9.17, 15) is 9.18 Å². The van der Waals surface area contributed by atoms with Crippen molar-refractivity contribution in [1.82, 2.24) is 14.9 Å². The number of imidazole rings is 1. The summed E-state index contributed by atoms with van der Waals surface area (Å²) in [5.74, 6) is 1.09. The number of hydrogen-bond acceptors (Lipinski definition) is 3. The van der Waals surface area contributed by atoms with Gasteiger partial charge in [0.25, 0.3) is 0 Å². The maximum atomic E-state index is 13.7. The Morgan fingerprint density at radius 2 is 2.22 bits per heavy atom. The molecular weight excluding hydrogens is 345 g/mol. The first kappa shape index (κ1) is 16.3. The third-order valence-electron chi connectivity index (χ3n) is 5.98. The van der Waals surface area contributed by atoms with E-state index in [1.807, 2.05) is 35.9 Å². The smallest absolute Gasteiger partial charge is 0.224 e. The standard InChI is InChI=1S/C21H20FN3O2/c1-25-17-5-3-2-4-16(17)24-19(25)12-23-20(26)15-11-21(15)8-9-27-18-7-6-13(22)10-14(18)21/h2-7,10,15H,8-9,11-12H2,1H3,(H,23,26)/t15-,21-/m1/s1. The zero-order valence-corrected chi connectivity index (χ0v) is 15.0.